The molecule has 9 heteroatoms. The van der Waals surface area contributed by atoms with E-state index in [1.54, 1.807) is 0 Å². The minimum absolute atomic E-state index is 0.120. The first-order valence-corrected chi connectivity index (χ1v) is 5.47. The molecule has 2 heterocycles. The van der Waals surface area contributed by atoms with Gasteiger partial charge in [0.1, 0.15) is 12.7 Å². The van der Waals surface area contributed by atoms with Gasteiger partial charge in [0.2, 0.25) is 11.9 Å². The third-order valence-electron chi connectivity index (χ3n) is 2.00. The summed E-state index contributed by atoms with van der Waals surface area (Å²) < 4.78 is 6.60. The summed E-state index contributed by atoms with van der Waals surface area (Å²) in [5.74, 6) is 0.820. The molecule has 0 atom stereocenters. The lowest BCUT2D eigenvalue weighted by molar-refractivity contribution is 0.158. The molecule has 2 rings (SSSR count). The van der Waals surface area contributed by atoms with E-state index in [2.05, 4.69) is 30.4 Å². The van der Waals surface area contributed by atoms with Gasteiger partial charge < -0.3 is 15.8 Å². The summed E-state index contributed by atoms with van der Waals surface area (Å²) in [5, 5.41) is 6.92. The largest absolute Gasteiger partial charge is 0.380 e. The quantitative estimate of drug-likeness (QED) is 0.658. The average molecular weight is 250 g/mol. The van der Waals surface area contributed by atoms with Crippen LogP contribution >= 0.6 is 0 Å². The van der Waals surface area contributed by atoms with Gasteiger partial charge in [-0.1, -0.05) is 0 Å². The first-order valence-electron chi connectivity index (χ1n) is 5.47. The van der Waals surface area contributed by atoms with E-state index < -0.39 is 0 Å². The number of nitrogens with zero attached hydrogens (tertiary/aromatic N) is 6. The van der Waals surface area contributed by atoms with Crippen molar-refractivity contribution in [3.63, 3.8) is 0 Å². The van der Waals surface area contributed by atoms with Crippen LogP contribution in [-0.2, 0) is 4.74 Å². The molecule has 0 aliphatic heterocycles. The van der Waals surface area contributed by atoms with Crippen molar-refractivity contribution in [2.45, 2.75) is 6.92 Å². The lowest BCUT2D eigenvalue weighted by Crippen LogP contribution is -2.15. The molecule has 0 saturated heterocycles. The zero-order chi connectivity index (χ0) is 12.8. The Hall–Kier alpha value is -2.29. The van der Waals surface area contributed by atoms with Crippen LogP contribution in [0.4, 0.5) is 11.9 Å². The van der Waals surface area contributed by atoms with Gasteiger partial charge in [0, 0.05) is 13.2 Å². The molecule has 9 nitrogen and oxygen atoms in total. The summed E-state index contributed by atoms with van der Waals surface area (Å²) in [5.41, 5.74) is 5.60. The van der Waals surface area contributed by atoms with Crippen LogP contribution in [0.1, 0.15) is 6.92 Å². The molecule has 0 aliphatic rings. The summed E-state index contributed by atoms with van der Waals surface area (Å²) in [6.07, 6.45) is 2.88. The second kappa shape index (κ2) is 5.87. The minimum atomic E-state index is 0.120. The van der Waals surface area contributed by atoms with Crippen LogP contribution in [0, 0.1) is 0 Å². The maximum absolute atomic E-state index is 5.60. The van der Waals surface area contributed by atoms with Gasteiger partial charge in [-0.2, -0.15) is 24.7 Å². The Bertz CT molecular complexity index is 485. The molecule has 2 aromatic rings. The highest BCUT2D eigenvalue weighted by atomic mass is 16.5. The molecule has 18 heavy (non-hydrogen) atoms. The van der Waals surface area contributed by atoms with Crippen molar-refractivity contribution in [1.82, 2.24) is 29.7 Å². The first kappa shape index (κ1) is 12.2. The van der Waals surface area contributed by atoms with Crippen molar-refractivity contribution in [3.8, 4) is 5.95 Å². The van der Waals surface area contributed by atoms with Crippen molar-refractivity contribution >= 4 is 11.9 Å². The van der Waals surface area contributed by atoms with Crippen LogP contribution < -0.4 is 11.1 Å². The van der Waals surface area contributed by atoms with Gasteiger partial charge in [0.15, 0.2) is 0 Å². The first-order chi connectivity index (χ1) is 8.79. The molecule has 0 aromatic carbocycles. The van der Waals surface area contributed by atoms with Crippen LogP contribution in [0.3, 0.4) is 0 Å². The van der Waals surface area contributed by atoms with Crippen molar-refractivity contribution in [1.29, 1.82) is 0 Å². The molecule has 0 fully saturated rings. The van der Waals surface area contributed by atoms with Crippen LogP contribution in [-0.4, -0.2) is 49.5 Å². The van der Waals surface area contributed by atoms with Crippen LogP contribution in [0.2, 0.25) is 0 Å². The molecule has 2 aromatic heterocycles. The minimum Gasteiger partial charge on any atom is -0.380 e. The number of hydrogen-bond acceptors (Lipinski definition) is 8. The van der Waals surface area contributed by atoms with E-state index in [1.807, 2.05) is 6.92 Å². The van der Waals surface area contributed by atoms with Gasteiger partial charge in [-0.3, -0.25) is 0 Å². The Balaban J connectivity index is 2.07. The lowest BCUT2D eigenvalue weighted by atomic mass is 10.6. The number of hydrogen-bond donors (Lipinski definition) is 2. The normalized spacial score (nSPS) is 10.5. The van der Waals surface area contributed by atoms with E-state index in [0.717, 1.165) is 0 Å². The molecule has 0 spiro atoms. The third-order valence-corrected chi connectivity index (χ3v) is 2.00. The smallest absolute Gasteiger partial charge is 0.258 e. The Morgan fingerprint density at radius 2 is 2.28 bits per heavy atom. The van der Waals surface area contributed by atoms with Crippen molar-refractivity contribution in [2.75, 3.05) is 30.8 Å². The Morgan fingerprint density at radius 3 is 3.00 bits per heavy atom. The van der Waals surface area contributed by atoms with E-state index >= 15 is 0 Å². The van der Waals surface area contributed by atoms with Crippen LogP contribution in [0.25, 0.3) is 5.95 Å². The molecule has 0 aliphatic carbocycles. The Labute approximate surface area is 103 Å². The van der Waals surface area contributed by atoms with E-state index in [1.165, 1.54) is 17.3 Å². The van der Waals surface area contributed by atoms with Gasteiger partial charge in [0.05, 0.1) is 6.61 Å². The number of rotatable bonds is 6. The second-order valence-corrected chi connectivity index (χ2v) is 3.28. The zero-order valence-electron chi connectivity index (χ0n) is 9.94. The Kier molecular flexibility index (Phi) is 3.97. The average Bonchev–Trinajstić information content (AvgIpc) is 2.88. The fourth-order valence-corrected chi connectivity index (χ4v) is 1.25. The fraction of sp³-hybridized carbons (Fsp3) is 0.444. The molecule has 96 valence electrons. The maximum Gasteiger partial charge on any atom is 0.258 e. The fourth-order valence-electron chi connectivity index (χ4n) is 1.25. The van der Waals surface area contributed by atoms with Crippen LogP contribution in [0.5, 0.6) is 0 Å². The van der Waals surface area contributed by atoms with E-state index in [0.29, 0.717) is 31.7 Å². The summed E-state index contributed by atoms with van der Waals surface area (Å²) in [7, 11) is 0. The van der Waals surface area contributed by atoms with Crippen molar-refractivity contribution in [2.24, 2.45) is 0 Å². The SMILES string of the molecule is CCOCCNc1nc(N)nc(-n2cncn2)n1. The van der Waals surface area contributed by atoms with Gasteiger partial charge in [0.25, 0.3) is 5.95 Å². The summed E-state index contributed by atoms with van der Waals surface area (Å²) in [6.45, 7) is 3.77. The molecule has 0 amide bonds. The van der Waals surface area contributed by atoms with Gasteiger partial charge in [-0.15, -0.1) is 0 Å². The number of anilines is 2. The summed E-state index contributed by atoms with van der Waals surface area (Å²) in [6, 6.07) is 0. The molecular weight excluding hydrogens is 236 g/mol. The number of nitrogen functional groups attached to an aromatic ring is 1. The maximum atomic E-state index is 5.60. The highest BCUT2D eigenvalue weighted by Gasteiger charge is 2.06. The van der Waals surface area contributed by atoms with Gasteiger partial charge >= 0.3 is 0 Å². The number of nitrogens with one attached hydrogen (secondary N) is 1. The summed E-state index contributed by atoms with van der Waals surface area (Å²) >= 11 is 0. The van der Waals surface area contributed by atoms with Crippen LogP contribution in [0.15, 0.2) is 12.7 Å². The second-order valence-electron chi connectivity index (χ2n) is 3.28. The number of nitrogens with two attached hydrogens (primary N) is 1. The zero-order valence-corrected chi connectivity index (χ0v) is 9.94. The number of aromatic nitrogens is 6. The molecule has 0 radical (unpaired) electrons. The molecular formula is C9H14N8O. The molecule has 0 unspecified atom stereocenters. The Morgan fingerprint density at radius 1 is 1.39 bits per heavy atom. The third kappa shape index (κ3) is 3.10. The van der Waals surface area contributed by atoms with E-state index in [-0.39, 0.29) is 5.95 Å². The van der Waals surface area contributed by atoms with E-state index in [4.69, 9.17) is 10.5 Å². The molecule has 0 bridgehead atoms. The highest BCUT2D eigenvalue weighted by molar-refractivity contribution is 5.34. The lowest BCUT2D eigenvalue weighted by Gasteiger charge is -2.06. The van der Waals surface area contributed by atoms with Gasteiger partial charge in [-0.05, 0) is 6.92 Å². The summed E-state index contributed by atoms with van der Waals surface area (Å²) in [4.78, 5) is 15.9. The van der Waals surface area contributed by atoms with E-state index in [9.17, 15) is 0 Å². The number of ether oxygens (including phenoxy) is 1. The predicted octanol–water partition coefficient (Wildman–Crippen LogP) is -0.517. The molecule has 3 N–H and O–H groups in total. The van der Waals surface area contributed by atoms with Crippen molar-refractivity contribution in [3.05, 3.63) is 12.7 Å². The highest BCUT2D eigenvalue weighted by Crippen LogP contribution is 2.05. The topological polar surface area (TPSA) is 117 Å². The standard InChI is InChI=1S/C9H14N8O/c1-2-18-4-3-12-8-14-7(10)15-9(16-8)17-6-11-5-13-17/h5-6H,2-4H2,1H3,(H3,10,12,14,15,16). The monoisotopic (exact) mass is 250 g/mol. The van der Waals surface area contributed by atoms with Crippen molar-refractivity contribution < 1.29 is 4.74 Å². The van der Waals surface area contributed by atoms with Gasteiger partial charge in [-0.25, -0.2) is 4.98 Å². The predicted molar refractivity (Wildman–Crippen MR) is 64.1 cm³/mol. The molecule has 0 saturated carbocycles.